The van der Waals surface area contributed by atoms with E-state index in [0.29, 0.717) is 25.3 Å². The first-order chi connectivity index (χ1) is 14.9. The molecule has 31 heavy (non-hydrogen) atoms. The lowest BCUT2D eigenvalue weighted by atomic mass is 10.1. The van der Waals surface area contributed by atoms with Crippen LogP contribution >= 0.6 is 11.8 Å². The van der Waals surface area contributed by atoms with Crippen LogP contribution in [0.25, 0.3) is 0 Å². The normalized spacial score (nSPS) is 11.6. The van der Waals surface area contributed by atoms with E-state index in [0.717, 1.165) is 17.1 Å². The zero-order valence-corrected chi connectivity index (χ0v) is 20.1. The van der Waals surface area contributed by atoms with Crippen molar-refractivity contribution in [1.82, 2.24) is 10.2 Å². The van der Waals surface area contributed by atoms with E-state index in [1.807, 2.05) is 38.1 Å². The van der Waals surface area contributed by atoms with Crippen LogP contribution in [0.2, 0.25) is 0 Å². The maximum absolute atomic E-state index is 13.2. The number of hydrogen-bond donors (Lipinski definition) is 1. The number of ether oxygens (including phenoxy) is 1. The van der Waals surface area contributed by atoms with Gasteiger partial charge in [-0.05, 0) is 50.5 Å². The molecule has 0 saturated carbocycles. The van der Waals surface area contributed by atoms with Gasteiger partial charge in [0.2, 0.25) is 11.8 Å². The highest BCUT2D eigenvalue weighted by Gasteiger charge is 2.28. The van der Waals surface area contributed by atoms with Gasteiger partial charge in [0.15, 0.2) is 0 Å². The van der Waals surface area contributed by atoms with Crippen molar-refractivity contribution < 1.29 is 14.3 Å². The highest BCUT2D eigenvalue weighted by molar-refractivity contribution is 7.99. The molecule has 0 aromatic heterocycles. The fourth-order valence-corrected chi connectivity index (χ4v) is 4.48. The third-order valence-electron chi connectivity index (χ3n) is 5.02. The van der Waals surface area contributed by atoms with Crippen LogP contribution in [0.4, 0.5) is 0 Å². The summed E-state index contributed by atoms with van der Waals surface area (Å²) in [6.45, 7) is 8.93. The number of nitrogens with zero attached hydrogens (tertiary/aromatic N) is 1. The lowest BCUT2D eigenvalue weighted by molar-refractivity contribution is -0.139. The Labute approximate surface area is 190 Å². The number of carbonyl (C=O) groups is 2. The number of aryl methyl sites for hydroxylation is 2. The van der Waals surface area contributed by atoms with Crippen molar-refractivity contribution >= 4 is 23.6 Å². The lowest BCUT2D eigenvalue weighted by Gasteiger charge is -2.30. The van der Waals surface area contributed by atoms with Crippen molar-refractivity contribution in [2.24, 2.45) is 0 Å². The van der Waals surface area contributed by atoms with E-state index in [4.69, 9.17) is 4.74 Å². The van der Waals surface area contributed by atoms with E-state index in [-0.39, 0.29) is 11.8 Å². The molecule has 2 rings (SSSR count). The van der Waals surface area contributed by atoms with E-state index < -0.39 is 6.04 Å². The Hall–Kier alpha value is -2.47. The van der Waals surface area contributed by atoms with E-state index in [2.05, 4.69) is 37.4 Å². The number of thioether (sulfide) groups is 1. The smallest absolute Gasteiger partial charge is 0.242 e. The molecular weight excluding hydrogens is 408 g/mol. The number of methoxy groups -OCH3 is 1. The van der Waals surface area contributed by atoms with Crippen molar-refractivity contribution in [2.75, 3.05) is 19.4 Å². The maximum atomic E-state index is 13.2. The number of nitrogens with one attached hydrogen (secondary N) is 1. The first kappa shape index (κ1) is 24.8. The number of likely N-dealkylation sites (N-methyl/N-ethyl adjacent to an activating group) is 1. The van der Waals surface area contributed by atoms with Crippen LogP contribution < -0.4 is 10.1 Å². The fourth-order valence-electron chi connectivity index (χ4n) is 3.63. The minimum atomic E-state index is -0.489. The molecule has 6 heteroatoms. The van der Waals surface area contributed by atoms with Gasteiger partial charge in [-0.15, -0.1) is 11.8 Å². The summed E-state index contributed by atoms with van der Waals surface area (Å²) in [5.41, 5.74) is 4.64. The molecule has 0 aliphatic heterocycles. The number of hydrogen-bond acceptors (Lipinski definition) is 4. The number of benzene rings is 2. The summed E-state index contributed by atoms with van der Waals surface area (Å²) in [4.78, 5) is 27.6. The summed E-state index contributed by atoms with van der Waals surface area (Å²) in [7, 11) is 1.62. The van der Waals surface area contributed by atoms with Gasteiger partial charge in [-0.3, -0.25) is 9.59 Å². The van der Waals surface area contributed by atoms with Crippen LogP contribution in [0.1, 0.15) is 42.5 Å². The van der Waals surface area contributed by atoms with Crippen LogP contribution in [0, 0.1) is 13.8 Å². The summed E-state index contributed by atoms with van der Waals surface area (Å²) >= 11 is 1.59. The Kier molecular flexibility index (Phi) is 9.92. The molecule has 0 spiro atoms. The van der Waals surface area contributed by atoms with Gasteiger partial charge in [-0.1, -0.05) is 48.4 Å². The second kappa shape index (κ2) is 12.4. The van der Waals surface area contributed by atoms with Crippen molar-refractivity contribution in [1.29, 1.82) is 0 Å². The van der Waals surface area contributed by atoms with Gasteiger partial charge in [-0.25, -0.2) is 0 Å². The zero-order valence-electron chi connectivity index (χ0n) is 19.2. The minimum Gasteiger partial charge on any atom is -0.497 e. The van der Waals surface area contributed by atoms with Crippen LogP contribution in [0.15, 0.2) is 42.5 Å². The van der Waals surface area contributed by atoms with Crippen LogP contribution in [-0.2, 0) is 21.9 Å². The Balaban J connectivity index is 2.12. The molecule has 0 fully saturated rings. The Morgan fingerprint density at radius 1 is 1.03 bits per heavy atom. The Bertz CT molecular complexity index is 847. The lowest BCUT2D eigenvalue weighted by Crippen LogP contribution is -2.49. The maximum Gasteiger partial charge on any atom is 0.242 e. The molecule has 0 unspecified atom stereocenters. The monoisotopic (exact) mass is 442 g/mol. The number of carbonyl (C=O) groups excluding carboxylic acids is 2. The summed E-state index contributed by atoms with van der Waals surface area (Å²) in [6, 6.07) is 13.6. The number of rotatable bonds is 11. The third-order valence-corrected chi connectivity index (χ3v) is 6.01. The minimum absolute atomic E-state index is 0.0247. The largest absolute Gasteiger partial charge is 0.497 e. The topological polar surface area (TPSA) is 58.6 Å². The molecule has 5 nitrogen and oxygen atoms in total. The number of amides is 2. The summed E-state index contributed by atoms with van der Waals surface area (Å²) in [6.07, 6.45) is 0.565. The molecular formula is C25H34N2O3S. The van der Waals surface area contributed by atoms with Crippen molar-refractivity contribution in [3.8, 4) is 5.75 Å². The van der Waals surface area contributed by atoms with Gasteiger partial charge in [0.05, 0.1) is 12.9 Å². The summed E-state index contributed by atoms with van der Waals surface area (Å²) in [5.74, 6) is 1.73. The molecule has 2 aromatic rings. The second-order valence-electron chi connectivity index (χ2n) is 7.68. The molecule has 1 atom stereocenters. The molecule has 0 radical (unpaired) electrons. The molecule has 2 aromatic carbocycles. The molecule has 0 heterocycles. The quantitative estimate of drug-likeness (QED) is 0.557. The average molecular weight is 443 g/mol. The van der Waals surface area contributed by atoms with Crippen molar-refractivity contribution in [3.63, 3.8) is 0 Å². The molecule has 0 bridgehead atoms. The SMILES string of the molecule is CCNC(=O)[C@H](CC)N(Cc1ccc(OC)cc1)C(=O)CSCc1cc(C)cc(C)c1. The van der Waals surface area contributed by atoms with E-state index >= 15 is 0 Å². The summed E-state index contributed by atoms with van der Waals surface area (Å²) < 4.78 is 5.22. The van der Waals surface area contributed by atoms with Gasteiger partial charge in [0.1, 0.15) is 11.8 Å². The van der Waals surface area contributed by atoms with E-state index in [1.54, 1.807) is 23.8 Å². The van der Waals surface area contributed by atoms with Gasteiger partial charge < -0.3 is 15.0 Å². The zero-order chi connectivity index (χ0) is 22.8. The van der Waals surface area contributed by atoms with Crippen LogP contribution in [0.5, 0.6) is 5.75 Å². The Morgan fingerprint density at radius 3 is 2.23 bits per heavy atom. The van der Waals surface area contributed by atoms with Gasteiger partial charge in [0.25, 0.3) is 0 Å². The van der Waals surface area contributed by atoms with E-state index in [9.17, 15) is 9.59 Å². The molecule has 0 saturated heterocycles. The average Bonchev–Trinajstić information content (AvgIpc) is 2.73. The van der Waals surface area contributed by atoms with Gasteiger partial charge in [0, 0.05) is 18.8 Å². The molecule has 2 amide bonds. The highest BCUT2D eigenvalue weighted by atomic mass is 32.2. The molecule has 0 aliphatic rings. The highest BCUT2D eigenvalue weighted by Crippen LogP contribution is 2.20. The predicted octanol–water partition coefficient (Wildman–Crippen LogP) is 4.49. The van der Waals surface area contributed by atoms with Gasteiger partial charge in [-0.2, -0.15) is 0 Å². The van der Waals surface area contributed by atoms with Crippen LogP contribution in [-0.4, -0.2) is 42.2 Å². The molecule has 168 valence electrons. The van der Waals surface area contributed by atoms with Crippen LogP contribution in [0.3, 0.4) is 0 Å². The third kappa shape index (κ3) is 7.62. The summed E-state index contributed by atoms with van der Waals surface area (Å²) in [5, 5.41) is 2.87. The second-order valence-corrected chi connectivity index (χ2v) is 8.66. The predicted molar refractivity (Wildman–Crippen MR) is 128 cm³/mol. The van der Waals surface area contributed by atoms with E-state index in [1.165, 1.54) is 16.7 Å². The standard InChI is InChI=1S/C25H34N2O3S/c1-6-23(25(29)26-7-2)27(15-20-8-10-22(30-5)11-9-20)24(28)17-31-16-21-13-18(3)12-19(4)14-21/h8-14,23H,6-7,15-17H2,1-5H3,(H,26,29)/t23-/m0/s1. The Morgan fingerprint density at radius 2 is 1.68 bits per heavy atom. The molecule has 0 aliphatic carbocycles. The first-order valence-electron chi connectivity index (χ1n) is 10.7. The first-order valence-corrected chi connectivity index (χ1v) is 11.9. The van der Waals surface area contributed by atoms with Crippen molar-refractivity contribution in [3.05, 3.63) is 64.7 Å². The van der Waals surface area contributed by atoms with Gasteiger partial charge >= 0.3 is 0 Å². The fraction of sp³-hybridized carbons (Fsp3) is 0.440. The van der Waals surface area contributed by atoms with Crippen molar-refractivity contribution in [2.45, 2.75) is 52.5 Å². The molecule has 1 N–H and O–H groups in total.